The molecule has 5 nitrogen and oxygen atoms in total. The molecule has 17 heavy (non-hydrogen) atoms. The molecular formula is C10H12N4OS2. The number of nitrogens with zero attached hydrogens (tertiary/aromatic N) is 2. The van der Waals surface area contributed by atoms with Gasteiger partial charge in [-0.15, -0.1) is 0 Å². The fourth-order valence-corrected chi connectivity index (χ4v) is 2.42. The van der Waals surface area contributed by atoms with E-state index in [9.17, 15) is 0 Å². The molecule has 0 saturated heterocycles. The number of aromatic nitrogens is 2. The third-order valence-electron chi connectivity index (χ3n) is 1.95. The first-order valence-corrected chi connectivity index (χ1v) is 7.07. The number of nitrogens with one attached hydrogen (secondary N) is 1. The fourth-order valence-electron chi connectivity index (χ4n) is 1.18. The van der Waals surface area contributed by atoms with E-state index < -0.39 is 0 Å². The molecular weight excluding hydrogens is 256 g/mol. The Morgan fingerprint density at radius 2 is 2.35 bits per heavy atom. The summed E-state index contributed by atoms with van der Waals surface area (Å²) >= 11 is 3.06. The minimum absolute atomic E-state index is 0.617. The van der Waals surface area contributed by atoms with Gasteiger partial charge in [-0.3, -0.25) is 0 Å². The molecule has 3 N–H and O–H groups in total. The van der Waals surface area contributed by atoms with Crippen LogP contribution in [0.4, 0.5) is 5.82 Å². The number of thioether (sulfide) groups is 2. The van der Waals surface area contributed by atoms with Crippen LogP contribution in [0.5, 0.6) is 0 Å². The number of hydrogen-bond donors (Lipinski definition) is 2. The summed E-state index contributed by atoms with van der Waals surface area (Å²) in [5, 5.41) is 1.57. The highest BCUT2D eigenvalue weighted by molar-refractivity contribution is 7.99. The number of nitrogens with two attached hydrogens (primary N) is 1. The molecule has 2 rings (SSSR count). The topological polar surface area (TPSA) is 77.0 Å². The average Bonchev–Trinajstić information content (AvgIpc) is 2.89. The van der Waals surface area contributed by atoms with E-state index in [4.69, 9.17) is 10.3 Å². The first-order chi connectivity index (χ1) is 8.31. The van der Waals surface area contributed by atoms with Crippen molar-refractivity contribution in [2.24, 2.45) is 5.84 Å². The smallest absolute Gasteiger partial charge is 0.190 e. The van der Waals surface area contributed by atoms with Crippen molar-refractivity contribution in [2.45, 2.75) is 15.9 Å². The van der Waals surface area contributed by atoms with Crippen molar-refractivity contribution in [1.29, 1.82) is 0 Å². The molecule has 2 aromatic rings. The Morgan fingerprint density at radius 1 is 1.47 bits per heavy atom. The summed E-state index contributed by atoms with van der Waals surface area (Å²) in [7, 11) is 0. The van der Waals surface area contributed by atoms with Crippen LogP contribution in [0.15, 0.2) is 39.1 Å². The lowest BCUT2D eigenvalue weighted by Gasteiger charge is -2.04. The number of anilines is 1. The third kappa shape index (κ3) is 3.39. The fraction of sp³-hybridized carbons (Fsp3) is 0.200. The third-order valence-corrected chi connectivity index (χ3v) is 3.44. The molecule has 0 atom stereocenters. The zero-order chi connectivity index (χ0) is 12.1. The summed E-state index contributed by atoms with van der Waals surface area (Å²) in [6.07, 6.45) is 3.59. The lowest BCUT2D eigenvalue weighted by Crippen LogP contribution is -2.09. The maximum absolute atomic E-state index is 5.36. The average molecular weight is 268 g/mol. The Kier molecular flexibility index (Phi) is 4.29. The van der Waals surface area contributed by atoms with Crippen LogP contribution in [0, 0.1) is 0 Å². The monoisotopic (exact) mass is 268 g/mol. The predicted molar refractivity (Wildman–Crippen MR) is 69.9 cm³/mol. The van der Waals surface area contributed by atoms with Crippen LogP contribution >= 0.6 is 23.5 Å². The standard InChI is InChI=1S/C10H12N4OS2/c1-16-10-12-8(14-11)5-9(13-10)17-6-7-3-2-4-15-7/h2-5H,6,11H2,1H3,(H,12,13,14). The van der Waals surface area contributed by atoms with Gasteiger partial charge in [-0.25, -0.2) is 15.8 Å². The molecule has 90 valence electrons. The van der Waals surface area contributed by atoms with E-state index in [-0.39, 0.29) is 0 Å². The molecule has 2 heterocycles. The van der Waals surface area contributed by atoms with Gasteiger partial charge in [0.05, 0.1) is 12.0 Å². The molecule has 0 spiro atoms. The second-order valence-corrected chi connectivity index (χ2v) is 4.86. The summed E-state index contributed by atoms with van der Waals surface area (Å²) in [5.74, 6) is 7.63. The molecule has 0 fully saturated rings. The zero-order valence-electron chi connectivity index (χ0n) is 9.21. The predicted octanol–water partition coefficient (Wildman–Crippen LogP) is 2.37. The highest BCUT2D eigenvalue weighted by Crippen LogP contribution is 2.24. The van der Waals surface area contributed by atoms with Crippen molar-refractivity contribution >= 4 is 29.3 Å². The van der Waals surface area contributed by atoms with Crippen molar-refractivity contribution in [3.63, 3.8) is 0 Å². The lowest BCUT2D eigenvalue weighted by molar-refractivity contribution is 0.530. The molecule has 0 saturated carbocycles. The maximum Gasteiger partial charge on any atom is 0.190 e. The SMILES string of the molecule is CSc1nc(NN)cc(SCc2ccco2)n1. The minimum Gasteiger partial charge on any atom is -0.468 e. The highest BCUT2D eigenvalue weighted by Gasteiger charge is 2.05. The van der Waals surface area contributed by atoms with Gasteiger partial charge in [-0.2, -0.15) is 0 Å². The van der Waals surface area contributed by atoms with Gasteiger partial charge in [-0.05, 0) is 18.4 Å². The molecule has 0 unspecified atom stereocenters. The Bertz CT molecular complexity index is 453. The maximum atomic E-state index is 5.36. The number of rotatable bonds is 5. The molecule has 0 aliphatic carbocycles. The molecule has 2 aromatic heterocycles. The van der Waals surface area contributed by atoms with E-state index in [0.29, 0.717) is 11.0 Å². The summed E-state index contributed by atoms with van der Waals surface area (Å²) in [5.41, 5.74) is 2.53. The van der Waals surface area contributed by atoms with Crippen LogP contribution in [-0.2, 0) is 5.75 Å². The summed E-state index contributed by atoms with van der Waals surface area (Å²) in [6, 6.07) is 5.62. The van der Waals surface area contributed by atoms with Crippen molar-refractivity contribution < 1.29 is 4.42 Å². The molecule has 0 aliphatic heterocycles. The van der Waals surface area contributed by atoms with Gasteiger partial charge in [0.2, 0.25) is 0 Å². The normalized spacial score (nSPS) is 10.5. The van der Waals surface area contributed by atoms with Gasteiger partial charge in [0.15, 0.2) is 5.16 Å². The number of hydrogen-bond acceptors (Lipinski definition) is 7. The van der Waals surface area contributed by atoms with Gasteiger partial charge in [-0.1, -0.05) is 23.5 Å². The number of furan rings is 1. The van der Waals surface area contributed by atoms with E-state index in [0.717, 1.165) is 16.5 Å². The lowest BCUT2D eigenvalue weighted by atomic mass is 10.5. The van der Waals surface area contributed by atoms with Gasteiger partial charge in [0.1, 0.15) is 16.6 Å². The van der Waals surface area contributed by atoms with E-state index in [1.165, 1.54) is 11.8 Å². The Balaban J connectivity index is 2.09. The molecule has 0 radical (unpaired) electrons. The summed E-state index contributed by atoms with van der Waals surface area (Å²) in [4.78, 5) is 8.57. The quantitative estimate of drug-likeness (QED) is 0.283. The number of hydrazine groups is 1. The van der Waals surface area contributed by atoms with Gasteiger partial charge >= 0.3 is 0 Å². The van der Waals surface area contributed by atoms with E-state index >= 15 is 0 Å². The van der Waals surface area contributed by atoms with E-state index in [1.807, 2.05) is 24.5 Å². The minimum atomic E-state index is 0.617. The van der Waals surface area contributed by atoms with Crippen LogP contribution in [0.1, 0.15) is 5.76 Å². The van der Waals surface area contributed by atoms with Crippen molar-refractivity contribution in [3.05, 3.63) is 30.2 Å². The van der Waals surface area contributed by atoms with Crippen molar-refractivity contribution in [2.75, 3.05) is 11.7 Å². The molecule has 0 aromatic carbocycles. The summed E-state index contributed by atoms with van der Waals surface area (Å²) in [6.45, 7) is 0. The Hall–Kier alpha value is -1.18. The van der Waals surface area contributed by atoms with Crippen molar-refractivity contribution in [3.8, 4) is 0 Å². The Labute approximate surface area is 108 Å². The molecule has 7 heteroatoms. The first-order valence-electron chi connectivity index (χ1n) is 4.86. The molecule has 0 aliphatic rings. The van der Waals surface area contributed by atoms with Crippen LogP contribution in [0.2, 0.25) is 0 Å². The van der Waals surface area contributed by atoms with Crippen LogP contribution in [0.25, 0.3) is 0 Å². The second-order valence-electron chi connectivity index (χ2n) is 3.09. The van der Waals surface area contributed by atoms with Gasteiger partial charge in [0.25, 0.3) is 0 Å². The van der Waals surface area contributed by atoms with Crippen LogP contribution < -0.4 is 11.3 Å². The second kappa shape index (κ2) is 5.95. The summed E-state index contributed by atoms with van der Waals surface area (Å²) < 4.78 is 5.26. The largest absolute Gasteiger partial charge is 0.468 e. The van der Waals surface area contributed by atoms with Gasteiger partial charge < -0.3 is 9.84 Å². The molecule has 0 bridgehead atoms. The molecule has 0 amide bonds. The van der Waals surface area contributed by atoms with Crippen molar-refractivity contribution in [1.82, 2.24) is 9.97 Å². The van der Waals surface area contributed by atoms with E-state index in [2.05, 4.69) is 15.4 Å². The van der Waals surface area contributed by atoms with Crippen LogP contribution in [0.3, 0.4) is 0 Å². The first kappa shape index (κ1) is 12.3. The zero-order valence-corrected chi connectivity index (χ0v) is 10.8. The van der Waals surface area contributed by atoms with Gasteiger partial charge in [0, 0.05) is 6.07 Å². The highest BCUT2D eigenvalue weighted by atomic mass is 32.2. The number of nitrogen functional groups attached to an aromatic ring is 1. The Morgan fingerprint density at radius 3 is 3.00 bits per heavy atom. The van der Waals surface area contributed by atoms with Crippen LogP contribution in [-0.4, -0.2) is 16.2 Å². The van der Waals surface area contributed by atoms with E-state index in [1.54, 1.807) is 18.0 Å².